The van der Waals surface area contributed by atoms with Crippen LogP contribution in [0.2, 0.25) is 0 Å². The van der Waals surface area contributed by atoms with Gasteiger partial charge in [0, 0.05) is 16.3 Å². The molecule has 0 bridgehead atoms. The van der Waals surface area contributed by atoms with Crippen molar-refractivity contribution in [2.45, 2.75) is 5.41 Å². The summed E-state index contributed by atoms with van der Waals surface area (Å²) in [5, 5.41) is 7.21. The van der Waals surface area contributed by atoms with Crippen molar-refractivity contribution in [3.05, 3.63) is 180 Å². The van der Waals surface area contributed by atoms with E-state index in [0.717, 1.165) is 22.1 Å². The van der Waals surface area contributed by atoms with E-state index in [1.165, 1.54) is 77.0 Å². The van der Waals surface area contributed by atoms with Gasteiger partial charge in [-0.1, -0.05) is 133 Å². The van der Waals surface area contributed by atoms with Gasteiger partial charge in [0.25, 0.3) is 0 Å². The van der Waals surface area contributed by atoms with Gasteiger partial charge in [0.2, 0.25) is 0 Å². The first-order chi connectivity index (χ1) is 22.8. The molecule has 1 nitrogen and oxygen atoms in total. The highest BCUT2D eigenvalue weighted by Crippen LogP contribution is 2.63. The Labute approximate surface area is 266 Å². The van der Waals surface area contributed by atoms with Crippen LogP contribution >= 0.6 is 0 Å². The molecule has 0 saturated carbocycles. The van der Waals surface area contributed by atoms with Crippen LogP contribution in [0.1, 0.15) is 22.3 Å². The lowest BCUT2D eigenvalue weighted by Gasteiger charge is -2.30. The number of fused-ring (bicyclic) bond motifs is 16. The summed E-state index contributed by atoms with van der Waals surface area (Å²) in [5.41, 5.74) is 14.5. The van der Waals surface area contributed by atoms with Crippen LogP contribution in [-0.2, 0) is 5.41 Å². The third kappa shape index (κ3) is 2.91. The zero-order chi connectivity index (χ0) is 30.0. The molecule has 0 saturated heterocycles. The lowest BCUT2D eigenvalue weighted by Crippen LogP contribution is -2.25. The number of hydrogen-bond acceptors (Lipinski definition) is 1. The average molecular weight is 583 g/mol. The van der Waals surface area contributed by atoms with Crippen molar-refractivity contribution < 1.29 is 4.42 Å². The Hall–Kier alpha value is -5.92. The zero-order valence-corrected chi connectivity index (χ0v) is 24.9. The molecule has 9 aromatic rings. The molecule has 1 heterocycles. The van der Waals surface area contributed by atoms with Crippen LogP contribution in [0.5, 0.6) is 0 Å². The Morgan fingerprint density at radius 2 is 0.913 bits per heavy atom. The molecule has 2 aliphatic carbocycles. The molecular formula is C45H26O. The smallest absolute Gasteiger partial charge is 0.143 e. The molecule has 0 N–H and O–H groups in total. The van der Waals surface area contributed by atoms with Crippen LogP contribution < -0.4 is 0 Å². The van der Waals surface area contributed by atoms with Crippen LogP contribution in [0.4, 0.5) is 0 Å². The van der Waals surface area contributed by atoms with Crippen LogP contribution in [0.3, 0.4) is 0 Å². The average Bonchev–Trinajstić information content (AvgIpc) is 3.74. The third-order valence-electron chi connectivity index (χ3n) is 10.6. The van der Waals surface area contributed by atoms with Gasteiger partial charge in [0.1, 0.15) is 11.2 Å². The van der Waals surface area contributed by atoms with Gasteiger partial charge in [-0.25, -0.2) is 0 Å². The molecule has 0 fully saturated rings. The first-order valence-electron chi connectivity index (χ1n) is 16.0. The highest BCUT2D eigenvalue weighted by atomic mass is 16.3. The minimum Gasteiger partial charge on any atom is -0.455 e. The number of furan rings is 1. The molecule has 0 radical (unpaired) electrons. The fraction of sp³-hybridized carbons (Fsp3) is 0.0222. The van der Waals surface area contributed by atoms with Crippen LogP contribution in [0.25, 0.3) is 76.9 Å². The van der Waals surface area contributed by atoms with Crippen molar-refractivity contribution >= 4 is 43.5 Å². The Bertz CT molecular complexity index is 2710. The summed E-state index contributed by atoms with van der Waals surface area (Å²) in [5.74, 6) is 0. The fourth-order valence-corrected chi connectivity index (χ4v) is 8.79. The summed E-state index contributed by atoms with van der Waals surface area (Å²) in [6.45, 7) is 0. The molecule has 2 aliphatic rings. The fourth-order valence-electron chi connectivity index (χ4n) is 8.79. The maximum Gasteiger partial charge on any atom is 0.143 e. The standard InChI is InChI=1S/C45H26O/c1-2-12-28-26-42-37(23-27(28)11-1)43-31-14-4-3-13-29(31)24-35(44(43)46-42)30-21-22-41-36(25-30)34-17-7-10-20-40(34)45(41)38-18-8-5-15-32(38)33-16-6-9-19-39(33)45/h1-26H. The highest BCUT2D eigenvalue weighted by Gasteiger charge is 2.51. The van der Waals surface area contributed by atoms with Crippen molar-refractivity contribution in [1.82, 2.24) is 0 Å². The molecule has 0 unspecified atom stereocenters. The van der Waals surface area contributed by atoms with E-state index in [1.54, 1.807) is 0 Å². The van der Waals surface area contributed by atoms with Crippen molar-refractivity contribution in [2.24, 2.45) is 0 Å². The molecule has 1 spiro atoms. The van der Waals surface area contributed by atoms with Crippen LogP contribution in [0.15, 0.2) is 162 Å². The first kappa shape index (κ1) is 24.4. The lowest BCUT2D eigenvalue weighted by atomic mass is 9.70. The Morgan fingerprint density at radius 3 is 1.61 bits per heavy atom. The third-order valence-corrected chi connectivity index (χ3v) is 10.6. The van der Waals surface area contributed by atoms with Gasteiger partial charge in [0.05, 0.1) is 5.41 Å². The van der Waals surface area contributed by atoms with E-state index in [-0.39, 0.29) is 5.41 Å². The van der Waals surface area contributed by atoms with Crippen molar-refractivity contribution in [3.8, 4) is 33.4 Å². The van der Waals surface area contributed by atoms with E-state index in [1.807, 2.05) is 0 Å². The maximum absolute atomic E-state index is 6.83. The van der Waals surface area contributed by atoms with E-state index in [9.17, 15) is 0 Å². The quantitative estimate of drug-likeness (QED) is 0.188. The van der Waals surface area contributed by atoms with Crippen LogP contribution in [0, 0.1) is 0 Å². The Balaban J connectivity index is 1.23. The van der Waals surface area contributed by atoms with Crippen molar-refractivity contribution in [1.29, 1.82) is 0 Å². The second-order valence-corrected chi connectivity index (χ2v) is 12.8. The second-order valence-electron chi connectivity index (χ2n) is 12.8. The largest absolute Gasteiger partial charge is 0.455 e. The molecular weight excluding hydrogens is 556 g/mol. The van der Waals surface area contributed by atoms with Gasteiger partial charge in [-0.05, 0) is 95.9 Å². The molecule has 8 aromatic carbocycles. The van der Waals surface area contributed by atoms with Gasteiger partial charge in [-0.15, -0.1) is 0 Å². The van der Waals surface area contributed by atoms with Crippen molar-refractivity contribution in [2.75, 3.05) is 0 Å². The Kier molecular flexibility index (Phi) is 4.57. The maximum atomic E-state index is 6.83. The predicted octanol–water partition coefficient (Wildman–Crippen LogP) is 11.9. The van der Waals surface area contributed by atoms with Gasteiger partial charge in [-0.2, -0.15) is 0 Å². The second kappa shape index (κ2) is 8.62. The summed E-state index contributed by atoms with van der Waals surface area (Å²) < 4.78 is 6.83. The van der Waals surface area contributed by atoms with E-state index < -0.39 is 0 Å². The van der Waals surface area contributed by atoms with Crippen molar-refractivity contribution in [3.63, 3.8) is 0 Å². The molecule has 0 atom stereocenters. The number of rotatable bonds is 1. The normalized spacial score (nSPS) is 13.8. The zero-order valence-electron chi connectivity index (χ0n) is 24.9. The SMILES string of the molecule is c1ccc2c(c1)-c1ccccc1C21c2ccccc2-c2cc(-c3cc4ccccc4c4c3oc3cc5ccccc5cc34)ccc21. The molecule has 1 heteroatoms. The van der Waals surface area contributed by atoms with Crippen LogP contribution in [-0.4, -0.2) is 0 Å². The van der Waals surface area contributed by atoms with Gasteiger partial charge < -0.3 is 4.42 Å². The summed E-state index contributed by atoms with van der Waals surface area (Å²) in [4.78, 5) is 0. The topological polar surface area (TPSA) is 13.1 Å². The minimum atomic E-state index is -0.337. The first-order valence-corrected chi connectivity index (χ1v) is 16.0. The lowest BCUT2D eigenvalue weighted by molar-refractivity contribution is 0.671. The highest BCUT2D eigenvalue weighted by molar-refractivity contribution is 6.24. The van der Waals surface area contributed by atoms with Gasteiger partial charge in [0.15, 0.2) is 0 Å². The minimum absolute atomic E-state index is 0.337. The summed E-state index contributed by atoms with van der Waals surface area (Å²) in [6.07, 6.45) is 0. The molecule has 212 valence electrons. The monoisotopic (exact) mass is 582 g/mol. The van der Waals surface area contributed by atoms with Gasteiger partial charge in [-0.3, -0.25) is 0 Å². The molecule has 0 amide bonds. The van der Waals surface area contributed by atoms with E-state index in [0.29, 0.717) is 0 Å². The Morgan fingerprint density at radius 1 is 0.370 bits per heavy atom. The van der Waals surface area contributed by atoms with Gasteiger partial charge >= 0.3 is 0 Å². The summed E-state index contributed by atoms with van der Waals surface area (Å²) in [7, 11) is 0. The predicted molar refractivity (Wildman–Crippen MR) is 190 cm³/mol. The van der Waals surface area contributed by atoms with E-state index in [2.05, 4.69) is 158 Å². The van der Waals surface area contributed by atoms with E-state index >= 15 is 0 Å². The molecule has 0 aliphatic heterocycles. The molecule has 46 heavy (non-hydrogen) atoms. The molecule has 1 aromatic heterocycles. The summed E-state index contributed by atoms with van der Waals surface area (Å²) in [6, 6.07) is 58.2. The molecule has 11 rings (SSSR count). The van der Waals surface area contributed by atoms with E-state index in [4.69, 9.17) is 4.42 Å². The number of benzene rings is 8. The number of hydrogen-bond donors (Lipinski definition) is 0. The summed E-state index contributed by atoms with van der Waals surface area (Å²) >= 11 is 0.